The molecule has 84 valence electrons. The Labute approximate surface area is 102 Å². The van der Waals surface area contributed by atoms with Gasteiger partial charge in [-0.15, -0.1) is 0 Å². The lowest BCUT2D eigenvalue weighted by Crippen LogP contribution is -2.20. The minimum atomic E-state index is 0.269. The van der Waals surface area contributed by atoms with Gasteiger partial charge in [-0.1, -0.05) is 47.5 Å². The molecule has 0 aliphatic heterocycles. The van der Waals surface area contributed by atoms with Gasteiger partial charge >= 0.3 is 0 Å². The molecule has 0 N–H and O–H groups in total. The summed E-state index contributed by atoms with van der Waals surface area (Å²) in [5, 5.41) is 1.06. The molecule has 15 heavy (non-hydrogen) atoms. The van der Waals surface area contributed by atoms with Gasteiger partial charge in [0.15, 0.2) is 0 Å². The SMILES string of the molecule is Cc1cc(C)c(C(C)(C)CCBr)c(C)c1. The molecule has 0 atom stereocenters. The molecule has 0 aromatic heterocycles. The van der Waals surface area contributed by atoms with E-state index in [1.165, 1.54) is 28.7 Å². The molecule has 0 bridgehead atoms. The first-order valence-corrected chi connectivity index (χ1v) is 6.65. The van der Waals surface area contributed by atoms with Crippen LogP contribution in [0.25, 0.3) is 0 Å². The minimum Gasteiger partial charge on any atom is -0.0928 e. The quantitative estimate of drug-likeness (QED) is 0.699. The summed E-state index contributed by atoms with van der Waals surface area (Å²) in [4.78, 5) is 0. The summed E-state index contributed by atoms with van der Waals surface area (Å²) in [6.07, 6.45) is 1.18. The summed E-state index contributed by atoms with van der Waals surface area (Å²) < 4.78 is 0. The average Bonchev–Trinajstić information content (AvgIpc) is 1.99. The largest absolute Gasteiger partial charge is 0.0928 e. The van der Waals surface area contributed by atoms with E-state index >= 15 is 0 Å². The first-order chi connectivity index (χ1) is 6.88. The van der Waals surface area contributed by atoms with E-state index in [2.05, 4.69) is 62.7 Å². The average molecular weight is 269 g/mol. The van der Waals surface area contributed by atoms with Crippen LogP contribution >= 0.6 is 15.9 Å². The molecule has 0 radical (unpaired) electrons. The second kappa shape index (κ2) is 4.69. The van der Waals surface area contributed by atoms with Gasteiger partial charge in [0, 0.05) is 5.33 Å². The summed E-state index contributed by atoms with van der Waals surface area (Å²) in [7, 11) is 0. The van der Waals surface area contributed by atoms with E-state index in [0.717, 1.165) is 5.33 Å². The van der Waals surface area contributed by atoms with Crippen molar-refractivity contribution >= 4 is 15.9 Å². The van der Waals surface area contributed by atoms with E-state index in [1.54, 1.807) is 0 Å². The highest BCUT2D eigenvalue weighted by Gasteiger charge is 2.23. The summed E-state index contributed by atoms with van der Waals surface area (Å²) in [5.74, 6) is 0. The van der Waals surface area contributed by atoms with Crippen molar-refractivity contribution in [1.29, 1.82) is 0 Å². The van der Waals surface area contributed by atoms with Crippen molar-refractivity contribution < 1.29 is 0 Å². The number of halogens is 1. The number of hydrogen-bond acceptors (Lipinski definition) is 0. The van der Waals surface area contributed by atoms with Gasteiger partial charge in [0.05, 0.1) is 0 Å². The first-order valence-electron chi connectivity index (χ1n) is 5.53. The number of rotatable bonds is 3. The van der Waals surface area contributed by atoms with Crippen molar-refractivity contribution in [3.63, 3.8) is 0 Å². The minimum absolute atomic E-state index is 0.269. The second-order valence-corrected chi connectivity index (χ2v) is 5.89. The molecule has 0 aliphatic carbocycles. The van der Waals surface area contributed by atoms with Crippen LogP contribution in [0.4, 0.5) is 0 Å². The van der Waals surface area contributed by atoms with Gasteiger partial charge in [0.1, 0.15) is 0 Å². The fourth-order valence-electron chi connectivity index (χ4n) is 2.61. The van der Waals surface area contributed by atoms with Crippen molar-refractivity contribution in [3.8, 4) is 0 Å². The molecule has 1 heteroatoms. The van der Waals surface area contributed by atoms with Crippen molar-refractivity contribution in [2.75, 3.05) is 5.33 Å². The molecular formula is C14H21Br. The van der Waals surface area contributed by atoms with E-state index in [0.29, 0.717) is 0 Å². The van der Waals surface area contributed by atoms with E-state index in [4.69, 9.17) is 0 Å². The summed E-state index contributed by atoms with van der Waals surface area (Å²) in [6, 6.07) is 4.58. The number of aryl methyl sites for hydroxylation is 3. The van der Waals surface area contributed by atoms with Gasteiger partial charge in [-0.25, -0.2) is 0 Å². The van der Waals surface area contributed by atoms with Crippen LogP contribution in [-0.4, -0.2) is 5.33 Å². The standard InChI is InChI=1S/C14H21Br/c1-10-8-11(2)13(12(3)9-10)14(4,5)6-7-15/h8-9H,6-7H2,1-5H3. The maximum absolute atomic E-state index is 3.55. The van der Waals surface area contributed by atoms with E-state index < -0.39 is 0 Å². The predicted octanol–water partition coefficient (Wildman–Crippen LogP) is 4.67. The smallest absolute Gasteiger partial charge is 0.00395 e. The van der Waals surface area contributed by atoms with Gasteiger partial charge in [0.2, 0.25) is 0 Å². The fourth-order valence-corrected chi connectivity index (χ4v) is 3.60. The zero-order valence-corrected chi connectivity index (χ0v) is 12.0. The highest BCUT2D eigenvalue weighted by Crippen LogP contribution is 2.33. The van der Waals surface area contributed by atoms with Gasteiger partial charge in [-0.3, -0.25) is 0 Å². The predicted molar refractivity (Wildman–Crippen MR) is 72.1 cm³/mol. The monoisotopic (exact) mass is 268 g/mol. The molecule has 0 amide bonds. The fraction of sp³-hybridized carbons (Fsp3) is 0.571. The van der Waals surface area contributed by atoms with Crippen molar-refractivity contribution in [2.24, 2.45) is 0 Å². The van der Waals surface area contributed by atoms with E-state index in [-0.39, 0.29) is 5.41 Å². The Morgan fingerprint density at radius 3 is 1.93 bits per heavy atom. The van der Waals surface area contributed by atoms with Gasteiger partial charge in [-0.05, 0) is 49.3 Å². The Morgan fingerprint density at radius 1 is 1.07 bits per heavy atom. The maximum Gasteiger partial charge on any atom is 0.00395 e. The number of hydrogen-bond donors (Lipinski definition) is 0. The second-order valence-electron chi connectivity index (χ2n) is 5.10. The normalized spacial score (nSPS) is 11.9. The third-order valence-electron chi connectivity index (χ3n) is 3.07. The van der Waals surface area contributed by atoms with Crippen LogP contribution in [-0.2, 0) is 5.41 Å². The molecule has 0 heterocycles. The lowest BCUT2D eigenvalue weighted by Gasteiger charge is -2.28. The summed E-state index contributed by atoms with van der Waals surface area (Å²) >= 11 is 3.55. The van der Waals surface area contributed by atoms with E-state index in [1.807, 2.05) is 0 Å². The van der Waals surface area contributed by atoms with Crippen molar-refractivity contribution in [1.82, 2.24) is 0 Å². The number of alkyl halides is 1. The van der Waals surface area contributed by atoms with Crippen LogP contribution in [0.5, 0.6) is 0 Å². The summed E-state index contributed by atoms with van der Waals surface area (Å²) in [5.41, 5.74) is 6.01. The Bertz CT molecular complexity index is 327. The molecule has 1 rings (SSSR count). The maximum atomic E-state index is 3.55. The Kier molecular flexibility index (Phi) is 3.99. The highest BCUT2D eigenvalue weighted by atomic mass is 79.9. The lowest BCUT2D eigenvalue weighted by atomic mass is 9.77. The van der Waals surface area contributed by atoms with Gasteiger partial charge < -0.3 is 0 Å². The third-order valence-corrected chi connectivity index (χ3v) is 3.47. The summed E-state index contributed by atoms with van der Waals surface area (Å²) in [6.45, 7) is 11.3. The molecular weight excluding hydrogens is 248 g/mol. The van der Waals surface area contributed by atoms with Crippen LogP contribution in [0.1, 0.15) is 42.5 Å². The van der Waals surface area contributed by atoms with Crippen molar-refractivity contribution in [3.05, 3.63) is 34.4 Å². The number of benzene rings is 1. The van der Waals surface area contributed by atoms with E-state index in [9.17, 15) is 0 Å². The molecule has 0 saturated carbocycles. The van der Waals surface area contributed by atoms with Crippen LogP contribution in [0, 0.1) is 20.8 Å². The van der Waals surface area contributed by atoms with Crippen molar-refractivity contribution in [2.45, 2.75) is 46.5 Å². The molecule has 0 saturated heterocycles. The molecule has 1 aromatic carbocycles. The Morgan fingerprint density at radius 2 is 1.53 bits per heavy atom. The molecule has 0 aliphatic rings. The lowest BCUT2D eigenvalue weighted by molar-refractivity contribution is 0.506. The first kappa shape index (κ1) is 12.8. The highest BCUT2D eigenvalue weighted by molar-refractivity contribution is 9.09. The van der Waals surface area contributed by atoms with Crippen LogP contribution < -0.4 is 0 Å². The Balaban J connectivity index is 3.24. The topological polar surface area (TPSA) is 0 Å². The zero-order valence-electron chi connectivity index (χ0n) is 10.4. The molecule has 1 aromatic rings. The van der Waals surface area contributed by atoms with Crippen LogP contribution in [0.3, 0.4) is 0 Å². The molecule has 0 spiro atoms. The Hall–Kier alpha value is -0.300. The van der Waals surface area contributed by atoms with Gasteiger partial charge in [-0.2, -0.15) is 0 Å². The van der Waals surface area contributed by atoms with Gasteiger partial charge in [0.25, 0.3) is 0 Å². The van der Waals surface area contributed by atoms with Crippen LogP contribution in [0.15, 0.2) is 12.1 Å². The molecule has 0 fully saturated rings. The third kappa shape index (κ3) is 2.84. The van der Waals surface area contributed by atoms with Crippen LogP contribution in [0.2, 0.25) is 0 Å². The zero-order chi connectivity index (χ0) is 11.6. The molecule has 0 unspecified atom stereocenters. The molecule has 0 nitrogen and oxygen atoms in total.